The van der Waals surface area contributed by atoms with Gasteiger partial charge in [0.15, 0.2) is 0 Å². The summed E-state index contributed by atoms with van der Waals surface area (Å²) >= 11 is 0. The topological polar surface area (TPSA) is 27.0 Å². The fourth-order valence-electron chi connectivity index (χ4n) is 4.02. The van der Waals surface area contributed by atoms with Crippen LogP contribution in [0.15, 0.2) is 18.2 Å². The minimum Gasteiger partial charge on any atom is -0.370 e. The van der Waals surface area contributed by atoms with Crippen molar-refractivity contribution in [3.63, 3.8) is 0 Å². The summed E-state index contributed by atoms with van der Waals surface area (Å²) < 4.78 is 0. The Balaban J connectivity index is 1.75. The molecule has 1 aliphatic carbocycles. The molecule has 1 aromatic rings. The van der Waals surface area contributed by atoms with Crippen LogP contribution >= 0.6 is 0 Å². The third-order valence-electron chi connectivity index (χ3n) is 5.35. The monoisotopic (exact) mass is 268 g/mol. The van der Waals surface area contributed by atoms with Crippen LogP contribution in [-0.2, 0) is 0 Å². The molecule has 1 heterocycles. The number of nitriles is 1. The van der Waals surface area contributed by atoms with Crippen molar-refractivity contribution in [3.8, 4) is 6.07 Å². The van der Waals surface area contributed by atoms with Crippen LogP contribution in [0.3, 0.4) is 0 Å². The molecule has 106 valence electrons. The number of benzene rings is 1. The first-order valence-corrected chi connectivity index (χ1v) is 7.98. The van der Waals surface area contributed by atoms with E-state index < -0.39 is 0 Å². The highest BCUT2D eigenvalue weighted by atomic mass is 15.1. The highest BCUT2D eigenvalue weighted by Gasteiger charge is 2.35. The molecule has 2 aliphatic rings. The first-order chi connectivity index (χ1) is 9.72. The number of piperidine rings is 1. The van der Waals surface area contributed by atoms with Gasteiger partial charge in [0.05, 0.1) is 11.3 Å². The molecule has 2 heteroatoms. The SMILES string of the molecule is Cc1ccc(C#N)c(N2CCC3(CCCCC3)CC2)c1. The first-order valence-electron chi connectivity index (χ1n) is 7.98. The van der Waals surface area contributed by atoms with E-state index in [1.807, 2.05) is 12.1 Å². The van der Waals surface area contributed by atoms with E-state index in [-0.39, 0.29) is 0 Å². The molecule has 1 aromatic carbocycles. The van der Waals surface area contributed by atoms with Crippen molar-refractivity contribution in [1.82, 2.24) is 0 Å². The summed E-state index contributed by atoms with van der Waals surface area (Å²) in [4.78, 5) is 2.44. The first kappa shape index (κ1) is 13.5. The predicted octanol–water partition coefficient (Wildman–Crippen LogP) is 4.42. The standard InChI is InChI=1S/C18H24N2/c1-15-5-6-16(14-19)17(13-15)20-11-9-18(10-12-20)7-3-2-4-8-18/h5-6,13H,2-4,7-12H2,1H3. The van der Waals surface area contributed by atoms with Crippen molar-refractivity contribution < 1.29 is 0 Å². The summed E-state index contributed by atoms with van der Waals surface area (Å²) in [5.41, 5.74) is 3.86. The van der Waals surface area contributed by atoms with E-state index in [0.29, 0.717) is 5.41 Å². The van der Waals surface area contributed by atoms with Gasteiger partial charge in [0.1, 0.15) is 6.07 Å². The van der Waals surface area contributed by atoms with Gasteiger partial charge in [0.25, 0.3) is 0 Å². The molecule has 1 aliphatic heterocycles. The second-order valence-corrected chi connectivity index (χ2v) is 6.68. The Morgan fingerprint density at radius 2 is 1.75 bits per heavy atom. The van der Waals surface area contributed by atoms with Crippen LogP contribution in [0.5, 0.6) is 0 Å². The Labute approximate surface area is 122 Å². The lowest BCUT2D eigenvalue weighted by molar-refractivity contribution is 0.144. The highest BCUT2D eigenvalue weighted by Crippen LogP contribution is 2.45. The summed E-state index contributed by atoms with van der Waals surface area (Å²) in [6, 6.07) is 8.53. The molecule has 1 saturated carbocycles. The van der Waals surface area contributed by atoms with Crippen molar-refractivity contribution in [2.75, 3.05) is 18.0 Å². The molecule has 1 spiro atoms. The summed E-state index contributed by atoms with van der Waals surface area (Å²) in [5, 5.41) is 9.31. The van der Waals surface area contributed by atoms with Gasteiger partial charge in [0, 0.05) is 13.1 Å². The molecule has 0 bridgehead atoms. The molecule has 2 nitrogen and oxygen atoms in total. The zero-order valence-electron chi connectivity index (χ0n) is 12.5. The van der Waals surface area contributed by atoms with Crippen molar-refractivity contribution in [2.45, 2.75) is 51.9 Å². The molecular weight excluding hydrogens is 244 g/mol. The third-order valence-corrected chi connectivity index (χ3v) is 5.35. The van der Waals surface area contributed by atoms with Gasteiger partial charge in [-0.1, -0.05) is 25.3 Å². The molecule has 3 rings (SSSR count). The summed E-state index contributed by atoms with van der Waals surface area (Å²) in [5.74, 6) is 0. The van der Waals surface area contributed by atoms with Crippen molar-refractivity contribution >= 4 is 5.69 Å². The van der Waals surface area contributed by atoms with Crippen LogP contribution in [0.2, 0.25) is 0 Å². The maximum Gasteiger partial charge on any atom is 0.101 e. The lowest BCUT2D eigenvalue weighted by Gasteiger charge is -2.45. The van der Waals surface area contributed by atoms with E-state index in [2.05, 4.69) is 24.0 Å². The van der Waals surface area contributed by atoms with Crippen molar-refractivity contribution in [3.05, 3.63) is 29.3 Å². The third kappa shape index (κ3) is 2.54. The summed E-state index contributed by atoms with van der Waals surface area (Å²) in [6.07, 6.45) is 9.76. The molecule has 1 saturated heterocycles. The van der Waals surface area contributed by atoms with Crippen LogP contribution in [0.25, 0.3) is 0 Å². The number of hydrogen-bond donors (Lipinski definition) is 0. The van der Waals surface area contributed by atoms with Gasteiger partial charge >= 0.3 is 0 Å². The van der Waals surface area contributed by atoms with Crippen molar-refractivity contribution in [1.29, 1.82) is 5.26 Å². The molecule has 0 N–H and O–H groups in total. The van der Waals surface area contributed by atoms with Crippen LogP contribution in [0.1, 0.15) is 56.1 Å². The molecular formula is C18H24N2. The van der Waals surface area contributed by atoms with Gasteiger partial charge in [-0.05, 0) is 55.7 Å². The zero-order valence-corrected chi connectivity index (χ0v) is 12.5. The quantitative estimate of drug-likeness (QED) is 0.754. The Bertz CT molecular complexity index is 511. The molecule has 0 amide bonds. The van der Waals surface area contributed by atoms with Gasteiger partial charge in [-0.15, -0.1) is 0 Å². The lowest BCUT2D eigenvalue weighted by atomic mass is 9.68. The van der Waals surface area contributed by atoms with Gasteiger partial charge in [-0.25, -0.2) is 0 Å². The molecule has 0 atom stereocenters. The summed E-state index contributed by atoms with van der Waals surface area (Å²) in [6.45, 7) is 4.35. The molecule has 0 radical (unpaired) electrons. The average molecular weight is 268 g/mol. The van der Waals surface area contributed by atoms with Crippen LogP contribution < -0.4 is 4.90 Å². The van der Waals surface area contributed by atoms with Crippen LogP contribution in [0, 0.1) is 23.7 Å². The fourth-order valence-corrected chi connectivity index (χ4v) is 4.02. The van der Waals surface area contributed by atoms with E-state index in [1.165, 1.54) is 50.5 Å². The number of anilines is 1. The second kappa shape index (κ2) is 5.48. The van der Waals surface area contributed by atoms with E-state index in [1.54, 1.807) is 0 Å². The largest absolute Gasteiger partial charge is 0.370 e. The fraction of sp³-hybridized carbons (Fsp3) is 0.611. The minimum absolute atomic E-state index is 0.630. The van der Waals surface area contributed by atoms with Gasteiger partial charge in [0.2, 0.25) is 0 Å². The van der Waals surface area contributed by atoms with E-state index >= 15 is 0 Å². The van der Waals surface area contributed by atoms with Crippen LogP contribution in [0.4, 0.5) is 5.69 Å². The van der Waals surface area contributed by atoms with Gasteiger partial charge < -0.3 is 4.90 Å². The van der Waals surface area contributed by atoms with E-state index in [0.717, 1.165) is 24.3 Å². The van der Waals surface area contributed by atoms with E-state index in [4.69, 9.17) is 0 Å². The number of hydrogen-bond acceptors (Lipinski definition) is 2. The second-order valence-electron chi connectivity index (χ2n) is 6.68. The van der Waals surface area contributed by atoms with Gasteiger partial charge in [-0.3, -0.25) is 0 Å². The normalized spacial score (nSPS) is 21.7. The highest BCUT2D eigenvalue weighted by molar-refractivity contribution is 5.61. The summed E-state index contributed by atoms with van der Waals surface area (Å²) in [7, 11) is 0. The Hall–Kier alpha value is -1.49. The Kier molecular flexibility index (Phi) is 3.70. The number of rotatable bonds is 1. The van der Waals surface area contributed by atoms with Crippen molar-refractivity contribution in [2.24, 2.45) is 5.41 Å². The maximum absolute atomic E-state index is 9.31. The minimum atomic E-state index is 0.630. The Morgan fingerprint density at radius 3 is 2.40 bits per heavy atom. The molecule has 0 aromatic heterocycles. The molecule has 20 heavy (non-hydrogen) atoms. The smallest absolute Gasteiger partial charge is 0.101 e. The molecule has 2 fully saturated rings. The van der Waals surface area contributed by atoms with E-state index in [9.17, 15) is 5.26 Å². The predicted molar refractivity (Wildman–Crippen MR) is 82.9 cm³/mol. The maximum atomic E-state index is 9.31. The zero-order chi connectivity index (χ0) is 14.0. The number of nitrogens with zero attached hydrogens (tertiary/aromatic N) is 2. The average Bonchev–Trinajstić information content (AvgIpc) is 2.49. The molecule has 0 unspecified atom stereocenters. The Morgan fingerprint density at radius 1 is 1.05 bits per heavy atom. The van der Waals surface area contributed by atoms with Gasteiger partial charge in [-0.2, -0.15) is 5.26 Å². The van der Waals surface area contributed by atoms with Crippen LogP contribution in [-0.4, -0.2) is 13.1 Å². The number of aryl methyl sites for hydroxylation is 1. The lowest BCUT2D eigenvalue weighted by Crippen LogP contribution is -2.41.